The second-order valence-corrected chi connectivity index (χ2v) is 16.7. The molecule has 8 aliphatic carbocycles. The maximum atomic E-state index is 13.1. The summed E-state index contributed by atoms with van der Waals surface area (Å²) in [7, 11) is -7.47. The van der Waals surface area contributed by atoms with Crippen molar-refractivity contribution in [3.8, 4) is 0 Å². The van der Waals surface area contributed by atoms with Crippen molar-refractivity contribution >= 4 is 26.2 Å². The van der Waals surface area contributed by atoms with E-state index in [9.17, 15) is 21.6 Å². The van der Waals surface area contributed by atoms with Gasteiger partial charge in [0.15, 0.2) is 0 Å². The molecule has 0 radical (unpaired) electrons. The molecule has 0 N–H and O–H groups in total. The fourth-order valence-electron chi connectivity index (χ4n) is 11.0. The number of hydrogen-bond acceptors (Lipinski definition) is 8. The lowest BCUT2D eigenvalue weighted by Gasteiger charge is -2.73. The SMILES string of the molecule is C=C(C)C(=O)OC12CC3CC(C1)CC(OS(C)(=O)=O)(C3)C2C12CC3CC(CC(OS(C)(=O)=O)(C3)C1)C2. The molecule has 8 rings (SSSR count). The molecule has 8 nitrogen and oxygen atoms in total. The van der Waals surface area contributed by atoms with E-state index in [4.69, 9.17) is 13.1 Å². The first-order valence-electron chi connectivity index (χ1n) is 13.2. The van der Waals surface area contributed by atoms with Gasteiger partial charge in [-0.2, -0.15) is 16.8 Å². The zero-order valence-corrected chi connectivity index (χ0v) is 23.1. The Morgan fingerprint density at radius 2 is 1.22 bits per heavy atom. The van der Waals surface area contributed by atoms with Gasteiger partial charge in [-0.15, -0.1) is 0 Å². The fourth-order valence-corrected chi connectivity index (χ4v) is 12.6. The van der Waals surface area contributed by atoms with E-state index in [0.717, 1.165) is 38.2 Å². The van der Waals surface area contributed by atoms with Gasteiger partial charge in [0.1, 0.15) is 5.60 Å². The third kappa shape index (κ3) is 4.00. The Morgan fingerprint density at radius 1 is 0.750 bits per heavy atom. The Bertz CT molecular complexity index is 1190. The minimum Gasteiger partial charge on any atom is -0.455 e. The average Bonchev–Trinajstić information content (AvgIpc) is 2.61. The van der Waals surface area contributed by atoms with Crippen molar-refractivity contribution in [3.63, 3.8) is 0 Å². The highest BCUT2D eigenvalue weighted by Crippen LogP contribution is 2.75. The van der Waals surface area contributed by atoms with Crippen LogP contribution in [0.25, 0.3) is 0 Å². The Balaban J connectivity index is 1.51. The molecule has 0 spiro atoms. The summed E-state index contributed by atoms with van der Waals surface area (Å²) in [6.45, 7) is 5.45. The summed E-state index contributed by atoms with van der Waals surface area (Å²) in [4.78, 5) is 13.1. The second-order valence-electron chi connectivity index (χ2n) is 13.6. The van der Waals surface area contributed by atoms with Crippen molar-refractivity contribution in [3.05, 3.63) is 12.2 Å². The lowest BCUT2D eigenvalue weighted by atomic mass is 9.36. The number of carbonyl (C=O) groups excluding carboxylic acids is 1. The van der Waals surface area contributed by atoms with Crippen LogP contribution in [-0.2, 0) is 38.1 Å². The van der Waals surface area contributed by atoms with Crippen LogP contribution in [0.2, 0.25) is 0 Å². The third-order valence-electron chi connectivity index (χ3n) is 10.2. The summed E-state index contributed by atoms with van der Waals surface area (Å²) in [6.07, 6.45) is 10.6. The van der Waals surface area contributed by atoms with E-state index in [-0.39, 0.29) is 17.8 Å². The van der Waals surface area contributed by atoms with Crippen molar-refractivity contribution in [2.24, 2.45) is 35.0 Å². The molecule has 0 aliphatic heterocycles. The fraction of sp³-hybridized carbons (Fsp3) is 0.885. The van der Waals surface area contributed by atoms with Gasteiger partial charge in [0.05, 0.1) is 23.7 Å². The molecular weight excluding hydrogens is 504 g/mol. The molecule has 10 heteroatoms. The van der Waals surface area contributed by atoms with E-state index >= 15 is 0 Å². The molecule has 5 unspecified atom stereocenters. The van der Waals surface area contributed by atoms with Crippen molar-refractivity contribution < 1.29 is 34.7 Å². The van der Waals surface area contributed by atoms with E-state index in [1.54, 1.807) is 6.92 Å². The number of rotatable bonds is 7. The number of carbonyl (C=O) groups is 1. The third-order valence-corrected chi connectivity index (χ3v) is 11.5. The summed E-state index contributed by atoms with van der Waals surface area (Å²) in [5.74, 6) is 0.274. The van der Waals surface area contributed by atoms with Crippen LogP contribution in [0.3, 0.4) is 0 Å². The Labute approximate surface area is 214 Å². The van der Waals surface area contributed by atoms with Gasteiger partial charge in [0.2, 0.25) is 0 Å². The van der Waals surface area contributed by atoms with Gasteiger partial charge in [0.25, 0.3) is 20.2 Å². The average molecular weight is 543 g/mol. The molecule has 8 aliphatic rings. The number of esters is 1. The zero-order chi connectivity index (χ0) is 25.9. The van der Waals surface area contributed by atoms with Crippen molar-refractivity contribution in [2.75, 3.05) is 12.5 Å². The van der Waals surface area contributed by atoms with E-state index in [2.05, 4.69) is 6.58 Å². The first-order valence-corrected chi connectivity index (χ1v) is 16.9. The summed E-state index contributed by atoms with van der Waals surface area (Å²) in [5.41, 5.74) is -2.67. The van der Waals surface area contributed by atoms with Crippen molar-refractivity contribution in [2.45, 2.75) is 94.4 Å². The molecule has 0 amide bonds. The summed E-state index contributed by atoms with van der Waals surface area (Å²) in [5, 5.41) is 0. The minimum atomic E-state index is -3.79. The predicted octanol–water partition coefficient (Wildman–Crippen LogP) is 3.71. The first kappa shape index (κ1) is 25.3. The summed E-state index contributed by atoms with van der Waals surface area (Å²) < 4.78 is 68.6. The van der Waals surface area contributed by atoms with Crippen LogP contribution in [0.4, 0.5) is 0 Å². The molecule has 8 fully saturated rings. The van der Waals surface area contributed by atoms with E-state index < -0.39 is 48.4 Å². The van der Waals surface area contributed by atoms with Crippen LogP contribution >= 0.6 is 0 Å². The number of hydrogen-bond donors (Lipinski definition) is 0. The predicted molar refractivity (Wildman–Crippen MR) is 132 cm³/mol. The topological polar surface area (TPSA) is 113 Å². The zero-order valence-electron chi connectivity index (χ0n) is 21.5. The smallest absolute Gasteiger partial charge is 0.333 e. The summed E-state index contributed by atoms with van der Waals surface area (Å²) >= 11 is 0. The molecule has 8 saturated carbocycles. The van der Waals surface area contributed by atoms with Gasteiger partial charge in [-0.3, -0.25) is 8.37 Å². The van der Waals surface area contributed by atoms with Crippen LogP contribution in [0.15, 0.2) is 12.2 Å². The van der Waals surface area contributed by atoms with Gasteiger partial charge in [-0.25, -0.2) is 4.79 Å². The molecule has 0 aromatic rings. The van der Waals surface area contributed by atoms with Gasteiger partial charge in [0, 0.05) is 11.5 Å². The molecule has 5 atom stereocenters. The minimum absolute atomic E-state index is 0.226. The standard InChI is InChI=1S/C26H38O8S2/c1-16(2)21(27)32-25-11-19-6-20(12-25)14-26(13-19,34-36(4,30)31)22(25)23-7-17-5-18(8-23)10-24(9-17,15-23)33-35(3,28)29/h17-20,22H,1,5-15H2,2-4H3. The first-order chi connectivity index (χ1) is 16.5. The van der Waals surface area contributed by atoms with Crippen LogP contribution in [0.1, 0.15) is 77.6 Å². The quantitative estimate of drug-likeness (QED) is 0.272. The van der Waals surface area contributed by atoms with E-state index in [1.807, 2.05) is 0 Å². The lowest BCUT2D eigenvalue weighted by molar-refractivity contribution is -0.301. The van der Waals surface area contributed by atoms with Gasteiger partial charge < -0.3 is 4.74 Å². The van der Waals surface area contributed by atoms with Gasteiger partial charge in [-0.1, -0.05) is 6.58 Å². The van der Waals surface area contributed by atoms with Crippen LogP contribution < -0.4 is 0 Å². The molecule has 8 bridgehead atoms. The van der Waals surface area contributed by atoms with E-state index in [1.165, 1.54) is 0 Å². The molecular formula is C26H38O8S2. The Hall–Kier alpha value is -0.970. The lowest BCUT2D eigenvalue weighted by Crippen LogP contribution is -2.75. The molecule has 0 saturated heterocycles. The van der Waals surface area contributed by atoms with Crippen LogP contribution in [-0.4, -0.2) is 52.1 Å². The van der Waals surface area contributed by atoms with Gasteiger partial charge >= 0.3 is 5.97 Å². The maximum absolute atomic E-state index is 13.1. The molecule has 0 aromatic heterocycles. The maximum Gasteiger partial charge on any atom is 0.333 e. The van der Waals surface area contributed by atoms with Crippen LogP contribution in [0.5, 0.6) is 0 Å². The highest BCUT2D eigenvalue weighted by molar-refractivity contribution is 7.86. The Kier molecular flexibility index (Phi) is 5.32. The van der Waals surface area contributed by atoms with Gasteiger partial charge in [-0.05, 0) is 107 Å². The van der Waals surface area contributed by atoms with Crippen molar-refractivity contribution in [1.82, 2.24) is 0 Å². The Morgan fingerprint density at radius 3 is 1.69 bits per heavy atom. The van der Waals surface area contributed by atoms with E-state index in [0.29, 0.717) is 62.4 Å². The normalized spacial score (nSPS) is 48.8. The molecule has 36 heavy (non-hydrogen) atoms. The molecule has 0 heterocycles. The highest BCUT2D eigenvalue weighted by Gasteiger charge is 2.75. The monoisotopic (exact) mass is 542 g/mol. The molecule has 0 aromatic carbocycles. The number of ether oxygens (including phenoxy) is 1. The molecule has 202 valence electrons. The highest BCUT2D eigenvalue weighted by atomic mass is 32.2. The second kappa shape index (κ2) is 7.57. The largest absolute Gasteiger partial charge is 0.455 e. The van der Waals surface area contributed by atoms with Crippen LogP contribution in [0, 0.1) is 35.0 Å². The van der Waals surface area contributed by atoms with Crippen molar-refractivity contribution in [1.29, 1.82) is 0 Å². The summed E-state index contributed by atoms with van der Waals surface area (Å²) in [6, 6.07) is 0.